The highest BCUT2D eigenvalue weighted by molar-refractivity contribution is 5.97. The second-order valence-corrected chi connectivity index (χ2v) is 6.84. The van der Waals surface area contributed by atoms with Crippen molar-refractivity contribution in [3.63, 3.8) is 0 Å². The predicted molar refractivity (Wildman–Crippen MR) is 105 cm³/mol. The number of benzene rings is 2. The SMILES string of the molecule is CCOc1ccc2c(c1)c(=O)c(C(=O)N1CCc3ccccc3C1)cn2C. The summed E-state index contributed by atoms with van der Waals surface area (Å²) in [5.41, 5.74) is 3.16. The lowest BCUT2D eigenvalue weighted by atomic mass is 9.99. The van der Waals surface area contributed by atoms with Crippen LogP contribution in [0.1, 0.15) is 28.4 Å². The quantitative estimate of drug-likeness (QED) is 0.719. The highest BCUT2D eigenvalue weighted by atomic mass is 16.5. The molecule has 2 heterocycles. The number of carbonyl (C=O) groups is 1. The van der Waals surface area contributed by atoms with Gasteiger partial charge in [-0.15, -0.1) is 0 Å². The molecule has 0 spiro atoms. The molecule has 0 radical (unpaired) electrons. The number of hydrogen-bond donors (Lipinski definition) is 0. The average Bonchev–Trinajstić information content (AvgIpc) is 2.70. The molecule has 0 saturated carbocycles. The standard InChI is InChI=1S/C22H22N2O3/c1-3-27-17-8-9-20-18(12-17)21(25)19(14-23(20)2)22(26)24-11-10-15-6-4-5-7-16(15)13-24/h4-9,12,14H,3,10-11,13H2,1-2H3. The summed E-state index contributed by atoms with van der Waals surface area (Å²) in [6.45, 7) is 3.58. The summed E-state index contributed by atoms with van der Waals surface area (Å²) >= 11 is 0. The van der Waals surface area contributed by atoms with Crippen LogP contribution in [0.4, 0.5) is 0 Å². The summed E-state index contributed by atoms with van der Waals surface area (Å²) in [7, 11) is 1.85. The number of aryl methyl sites for hydroxylation is 1. The fourth-order valence-corrected chi connectivity index (χ4v) is 3.72. The molecule has 27 heavy (non-hydrogen) atoms. The number of carbonyl (C=O) groups excluding carboxylic acids is 1. The molecule has 3 aromatic rings. The van der Waals surface area contributed by atoms with E-state index in [2.05, 4.69) is 6.07 Å². The van der Waals surface area contributed by atoms with Crippen LogP contribution in [0.5, 0.6) is 5.75 Å². The summed E-state index contributed by atoms with van der Waals surface area (Å²) in [4.78, 5) is 27.9. The Morgan fingerprint density at radius 1 is 1.15 bits per heavy atom. The lowest BCUT2D eigenvalue weighted by Crippen LogP contribution is -2.38. The van der Waals surface area contributed by atoms with Crippen molar-refractivity contribution in [2.45, 2.75) is 19.9 Å². The van der Waals surface area contributed by atoms with Gasteiger partial charge in [-0.05, 0) is 42.7 Å². The Bertz CT molecular complexity index is 1080. The van der Waals surface area contributed by atoms with E-state index in [1.807, 2.05) is 48.9 Å². The average molecular weight is 362 g/mol. The third kappa shape index (κ3) is 3.10. The van der Waals surface area contributed by atoms with Gasteiger partial charge in [-0.2, -0.15) is 0 Å². The molecule has 0 N–H and O–H groups in total. The fourth-order valence-electron chi connectivity index (χ4n) is 3.72. The molecule has 0 bridgehead atoms. The van der Waals surface area contributed by atoms with Gasteiger partial charge < -0.3 is 14.2 Å². The van der Waals surface area contributed by atoms with Gasteiger partial charge >= 0.3 is 0 Å². The lowest BCUT2D eigenvalue weighted by Gasteiger charge is -2.29. The number of pyridine rings is 1. The van der Waals surface area contributed by atoms with Gasteiger partial charge in [0.25, 0.3) is 5.91 Å². The molecule has 2 aromatic carbocycles. The summed E-state index contributed by atoms with van der Waals surface area (Å²) < 4.78 is 7.35. The van der Waals surface area contributed by atoms with Crippen LogP contribution in [-0.4, -0.2) is 28.5 Å². The van der Waals surface area contributed by atoms with Crippen LogP contribution in [0.15, 0.2) is 53.5 Å². The molecule has 0 fully saturated rings. The van der Waals surface area contributed by atoms with Crippen LogP contribution < -0.4 is 10.2 Å². The molecule has 5 heteroatoms. The molecule has 0 saturated heterocycles. The smallest absolute Gasteiger partial charge is 0.259 e. The van der Waals surface area contributed by atoms with Gasteiger partial charge in [0.2, 0.25) is 5.43 Å². The molecule has 0 aliphatic carbocycles. The molecule has 0 atom stereocenters. The van der Waals surface area contributed by atoms with Crippen LogP contribution >= 0.6 is 0 Å². The zero-order chi connectivity index (χ0) is 19.0. The molecule has 1 aliphatic heterocycles. The molecule has 1 aliphatic rings. The van der Waals surface area contributed by atoms with Gasteiger partial charge in [-0.1, -0.05) is 24.3 Å². The monoisotopic (exact) mass is 362 g/mol. The van der Waals surface area contributed by atoms with Crippen LogP contribution in [0.2, 0.25) is 0 Å². The van der Waals surface area contributed by atoms with Gasteiger partial charge in [0.15, 0.2) is 0 Å². The van der Waals surface area contributed by atoms with Crippen molar-refractivity contribution in [1.29, 1.82) is 0 Å². The number of amides is 1. The summed E-state index contributed by atoms with van der Waals surface area (Å²) in [6.07, 6.45) is 2.46. The number of rotatable bonds is 3. The number of aromatic nitrogens is 1. The van der Waals surface area contributed by atoms with Crippen molar-refractivity contribution in [3.8, 4) is 5.75 Å². The maximum atomic E-state index is 13.1. The fraction of sp³-hybridized carbons (Fsp3) is 0.273. The van der Waals surface area contributed by atoms with Gasteiger partial charge in [0.1, 0.15) is 11.3 Å². The largest absolute Gasteiger partial charge is 0.494 e. The summed E-state index contributed by atoms with van der Waals surface area (Å²) in [5.74, 6) is 0.424. The van der Waals surface area contributed by atoms with E-state index in [0.29, 0.717) is 30.8 Å². The lowest BCUT2D eigenvalue weighted by molar-refractivity contribution is 0.0733. The first-order valence-corrected chi connectivity index (χ1v) is 9.20. The van der Waals surface area contributed by atoms with E-state index in [1.165, 1.54) is 5.56 Å². The molecular formula is C22H22N2O3. The van der Waals surface area contributed by atoms with Crippen molar-refractivity contribution in [1.82, 2.24) is 9.47 Å². The molecule has 1 aromatic heterocycles. The van der Waals surface area contributed by atoms with Crippen LogP contribution in [0.3, 0.4) is 0 Å². The first kappa shape index (κ1) is 17.3. The van der Waals surface area contributed by atoms with Crippen LogP contribution in [-0.2, 0) is 20.0 Å². The van der Waals surface area contributed by atoms with Gasteiger partial charge in [-0.25, -0.2) is 0 Å². The van der Waals surface area contributed by atoms with Crippen molar-refractivity contribution >= 4 is 16.8 Å². The Morgan fingerprint density at radius 2 is 1.93 bits per heavy atom. The number of fused-ring (bicyclic) bond motifs is 2. The van der Waals surface area contributed by atoms with Crippen LogP contribution in [0.25, 0.3) is 10.9 Å². The first-order valence-electron chi connectivity index (χ1n) is 9.20. The molecular weight excluding hydrogens is 340 g/mol. The normalized spacial score (nSPS) is 13.5. The van der Waals surface area contributed by atoms with E-state index in [9.17, 15) is 9.59 Å². The maximum Gasteiger partial charge on any atom is 0.259 e. The van der Waals surface area contributed by atoms with Crippen molar-refractivity contribution in [2.75, 3.05) is 13.2 Å². The second-order valence-electron chi connectivity index (χ2n) is 6.84. The topological polar surface area (TPSA) is 51.5 Å². The van der Waals surface area contributed by atoms with E-state index in [0.717, 1.165) is 17.5 Å². The third-order valence-corrected chi connectivity index (χ3v) is 5.12. The molecule has 1 amide bonds. The molecule has 5 nitrogen and oxygen atoms in total. The minimum absolute atomic E-state index is 0.207. The Labute approximate surface area is 157 Å². The van der Waals surface area contributed by atoms with E-state index >= 15 is 0 Å². The Kier molecular flexibility index (Phi) is 4.44. The highest BCUT2D eigenvalue weighted by Crippen LogP contribution is 2.22. The summed E-state index contributed by atoms with van der Waals surface area (Å²) in [6, 6.07) is 13.6. The van der Waals surface area contributed by atoms with Crippen LogP contribution in [0, 0.1) is 0 Å². The minimum atomic E-state index is -0.242. The van der Waals surface area contributed by atoms with E-state index in [-0.39, 0.29) is 16.9 Å². The third-order valence-electron chi connectivity index (χ3n) is 5.12. The van der Waals surface area contributed by atoms with E-state index in [4.69, 9.17) is 4.74 Å². The van der Waals surface area contributed by atoms with Gasteiger partial charge in [-0.3, -0.25) is 9.59 Å². The maximum absolute atomic E-state index is 13.1. The number of nitrogens with zero attached hydrogens (tertiary/aromatic N) is 2. The van der Waals surface area contributed by atoms with Crippen molar-refractivity contribution in [2.24, 2.45) is 7.05 Å². The first-order chi connectivity index (χ1) is 13.1. The molecule has 138 valence electrons. The van der Waals surface area contributed by atoms with E-state index < -0.39 is 0 Å². The van der Waals surface area contributed by atoms with Gasteiger partial charge in [0.05, 0.1) is 17.5 Å². The Balaban J connectivity index is 1.74. The van der Waals surface area contributed by atoms with Crippen molar-refractivity contribution < 1.29 is 9.53 Å². The molecule has 0 unspecified atom stereocenters. The summed E-state index contributed by atoms with van der Waals surface area (Å²) in [5, 5.41) is 0.506. The minimum Gasteiger partial charge on any atom is -0.494 e. The zero-order valence-corrected chi connectivity index (χ0v) is 15.6. The number of ether oxygens (including phenoxy) is 1. The Hall–Kier alpha value is -3.08. The highest BCUT2D eigenvalue weighted by Gasteiger charge is 2.24. The zero-order valence-electron chi connectivity index (χ0n) is 15.6. The van der Waals surface area contributed by atoms with E-state index in [1.54, 1.807) is 17.2 Å². The predicted octanol–water partition coefficient (Wildman–Crippen LogP) is 3.14. The number of hydrogen-bond acceptors (Lipinski definition) is 3. The second kappa shape index (κ2) is 6.91. The molecule has 4 rings (SSSR count). The Morgan fingerprint density at radius 3 is 2.70 bits per heavy atom. The van der Waals surface area contributed by atoms with Gasteiger partial charge in [0, 0.05) is 26.3 Å². The van der Waals surface area contributed by atoms with Crippen molar-refractivity contribution in [3.05, 3.63) is 75.6 Å².